The van der Waals surface area contributed by atoms with Crippen molar-refractivity contribution in [3.8, 4) is 0 Å². The molecule has 0 aliphatic heterocycles. The predicted octanol–water partition coefficient (Wildman–Crippen LogP) is 5.49. The maximum atomic E-state index is 12.5. The second kappa shape index (κ2) is 9.66. The Bertz CT molecular complexity index is 1290. The van der Waals surface area contributed by atoms with Crippen molar-refractivity contribution in [2.45, 2.75) is 6.92 Å². The van der Waals surface area contributed by atoms with Crippen molar-refractivity contribution < 1.29 is 19.1 Å². The Kier molecular flexibility index (Phi) is 6.52. The first kappa shape index (κ1) is 21.6. The van der Waals surface area contributed by atoms with Crippen LogP contribution in [0.4, 0.5) is 5.69 Å². The smallest absolute Gasteiger partial charge is 0.341 e. The van der Waals surface area contributed by atoms with Crippen molar-refractivity contribution in [1.29, 1.82) is 0 Å². The van der Waals surface area contributed by atoms with Gasteiger partial charge in [0.1, 0.15) is 12.2 Å². The number of carbonyl (C=O) groups is 2. The molecule has 0 unspecified atom stereocenters. The number of fused-ring (bicyclic) bond motifs is 3. The van der Waals surface area contributed by atoms with E-state index in [0.29, 0.717) is 28.4 Å². The third kappa shape index (κ3) is 4.50. The van der Waals surface area contributed by atoms with Gasteiger partial charge in [-0.05, 0) is 36.6 Å². The monoisotopic (exact) mass is 448 g/mol. The molecule has 1 heterocycles. The number of carbonyl (C=O) groups excluding carboxylic acids is 2. The van der Waals surface area contributed by atoms with Crippen LogP contribution >= 0.6 is 11.6 Å². The van der Waals surface area contributed by atoms with Crippen LogP contribution in [-0.4, -0.2) is 36.7 Å². The summed E-state index contributed by atoms with van der Waals surface area (Å²) in [7, 11) is 0. The number of anilines is 1. The Labute approximate surface area is 190 Å². The molecule has 0 fully saturated rings. The van der Waals surface area contributed by atoms with Crippen LogP contribution in [0, 0.1) is 0 Å². The van der Waals surface area contributed by atoms with Gasteiger partial charge in [0.25, 0.3) is 0 Å². The van der Waals surface area contributed by atoms with Crippen molar-refractivity contribution in [2.75, 3.05) is 25.1 Å². The molecule has 162 valence electrons. The average Bonchev–Trinajstić information content (AvgIpc) is 2.81. The molecule has 0 amide bonds. The number of hydrogen-bond donors (Lipinski definition) is 1. The topological polar surface area (TPSA) is 77.5 Å². The first-order valence-corrected chi connectivity index (χ1v) is 10.6. The fourth-order valence-electron chi connectivity index (χ4n) is 3.48. The maximum Gasteiger partial charge on any atom is 0.341 e. The Hall–Kier alpha value is -3.64. The number of pyridine rings is 1. The summed E-state index contributed by atoms with van der Waals surface area (Å²) in [4.78, 5) is 29.3. The van der Waals surface area contributed by atoms with Gasteiger partial charge in [0.05, 0.1) is 23.4 Å². The first-order chi connectivity index (χ1) is 15.6. The summed E-state index contributed by atoms with van der Waals surface area (Å²) in [6.45, 7) is 2.43. The van der Waals surface area contributed by atoms with Crippen molar-refractivity contribution in [3.05, 3.63) is 83.0 Å². The zero-order valence-electron chi connectivity index (χ0n) is 17.4. The van der Waals surface area contributed by atoms with Gasteiger partial charge in [-0.2, -0.15) is 0 Å². The number of nitrogens with zero attached hydrogens (tertiary/aromatic N) is 1. The summed E-state index contributed by atoms with van der Waals surface area (Å²) in [5, 5.41) is 6.61. The van der Waals surface area contributed by atoms with Crippen LogP contribution in [0.5, 0.6) is 0 Å². The average molecular weight is 449 g/mol. The van der Waals surface area contributed by atoms with Crippen LogP contribution < -0.4 is 5.32 Å². The van der Waals surface area contributed by atoms with E-state index in [2.05, 4.69) is 10.3 Å². The van der Waals surface area contributed by atoms with Crippen molar-refractivity contribution in [1.82, 2.24) is 4.98 Å². The van der Waals surface area contributed by atoms with E-state index >= 15 is 0 Å². The molecule has 6 nitrogen and oxygen atoms in total. The molecular formula is C25H21ClN2O4. The molecule has 4 rings (SSSR count). The quantitative estimate of drug-likeness (QED) is 0.229. The molecule has 0 radical (unpaired) electrons. The fraction of sp³-hybridized carbons (Fsp3) is 0.160. The molecule has 0 aliphatic carbocycles. The van der Waals surface area contributed by atoms with E-state index in [1.165, 1.54) is 6.20 Å². The normalized spacial score (nSPS) is 10.8. The van der Waals surface area contributed by atoms with Gasteiger partial charge >= 0.3 is 11.9 Å². The summed E-state index contributed by atoms with van der Waals surface area (Å²) >= 11 is 5.85. The van der Waals surface area contributed by atoms with E-state index in [4.69, 9.17) is 21.1 Å². The van der Waals surface area contributed by atoms with Gasteiger partial charge in [-0.15, -0.1) is 0 Å². The molecule has 1 N–H and O–H groups in total. The summed E-state index contributed by atoms with van der Waals surface area (Å²) in [5.74, 6) is -0.907. The van der Waals surface area contributed by atoms with Crippen molar-refractivity contribution in [2.24, 2.45) is 0 Å². The number of halogens is 1. The zero-order valence-corrected chi connectivity index (χ0v) is 18.2. The standard InChI is InChI=1S/C25H21ClN2O4/c1-2-31-25(30)21-15-28-22-19-6-4-3-5-16(19)9-12-20(22)23(21)27-13-14-32-24(29)17-7-10-18(26)11-8-17/h3-12,15H,2,13-14H2,1H3,(H,27,28). The number of aromatic nitrogens is 1. The Morgan fingerprint density at radius 3 is 2.50 bits per heavy atom. The Morgan fingerprint density at radius 2 is 1.72 bits per heavy atom. The van der Waals surface area contributed by atoms with Gasteiger partial charge < -0.3 is 14.8 Å². The second-order valence-corrected chi connectivity index (χ2v) is 7.46. The molecule has 1 aromatic heterocycles. The van der Waals surface area contributed by atoms with Crippen LogP contribution in [0.3, 0.4) is 0 Å². The zero-order chi connectivity index (χ0) is 22.5. The molecule has 0 atom stereocenters. The molecule has 7 heteroatoms. The Balaban J connectivity index is 1.58. The largest absolute Gasteiger partial charge is 0.462 e. The molecule has 3 aromatic carbocycles. The van der Waals surface area contributed by atoms with Crippen LogP contribution in [0.15, 0.2) is 66.9 Å². The van der Waals surface area contributed by atoms with Crippen LogP contribution in [-0.2, 0) is 9.47 Å². The minimum Gasteiger partial charge on any atom is -0.462 e. The first-order valence-electron chi connectivity index (χ1n) is 10.2. The van der Waals surface area contributed by atoms with E-state index in [1.54, 1.807) is 31.2 Å². The lowest BCUT2D eigenvalue weighted by atomic mass is 10.0. The molecule has 0 bridgehead atoms. The molecule has 0 saturated heterocycles. The molecular weight excluding hydrogens is 428 g/mol. The van der Waals surface area contributed by atoms with Gasteiger partial charge in [-0.3, -0.25) is 4.98 Å². The van der Waals surface area contributed by atoms with Crippen molar-refractivity contribution in [3.63, 3.8) is 0 Å². The van der Waals surface area contributed by atoms with Crippen LogP contribution in [0.1, 0.15) is 27.6 Å². The highest BCUT2D eigenvalue weighted by Crippen LogP contribution is 2.31. The van der Waals surface area contributed by atoms with Gasteiger partial charge in [-0.1, -0.05) is 48.0 Å². The molecule has 4 aromatic rings. The minimum absolute atomic E-state index is 0.112. The number of ether oxygens (including phenoxy) is 2. The number of benzene rings is 3. The lowest BCUT2D eigenvalue weighted by Crippen LogP contribution is -2.17. The van der Waals surface area contributed by atoms with E-state index in [1.807, 2.05) is 36.4 Å². The lowest BCUT2D eigenvalue weighted by molar-refractivity contribution is 0.0510. The molecule has 0 aliphatic rings. The van der Waals surface area contributed by atoms with E-state index in [-0.39, 0.29) is 13.2 Å². The number of esters is 2. The molecule has 0 saturated carbocycles. The summed E-state index contributed by atoms with van der Waals surface area (Å²) in [5.41, 5.74) is 2.12. The highest BCUT2D eigenvalue weighted by atomic mass is 35.5. The van der Waals surface area contributed by atoms with Gasteiger partial charge in [0.15, 0.2) is 0 Å². The lowest BCUT2D eigenvalue weighted by Gasteiger charge is -2.15. The molecule has 32 heavy (non-hydrogen) atoms. The van der Waals surface area contributed by atoms with Crippen molar-refractivity contribution >= 4 is 50.9 Å². The highest BCUT2D eigenvalue weighted by molar-refractivity contribution is 6.30. The third-order valence-corrected chi connectivity index (χ3v) is 5.23. The third-order valence-electron chi connectivity index (χ3n) is 4.97. The van der Waals surface area contributed by atoms with Gasteiger partial charge in [-0.25, -0.2) is 9.59 Å². The predicted molar refractivity (Wildman–Crippen MR) is 125 cm³/mol. The fourth-order valence-corrected chi connectivity index (χ4v) is 3.60. The summed E-state index contributed by atoms with van der Waals surface area (Å²) < 4.78 is 10.5. The van der Waals surface area contributed by atoms with E-state index < -0.39 is 11.9 Å². The SMILES string of the molecule is CCOC(=O)c1cnc2c(ccc3ccccc32)c1NCCOC(=O)c1ccc(Cl)cc1. The number of nitrogens with one attached hydrogen (secondary N) is 1. The highest BCUT2D eigenvalue weighted by Gasteiger charge is 2.18. The van der Waals surface area contributed by atoms with Crippen LogP contribution in [0.2, 0.25) is 5.02 Å². The van der Waals surface area contributed by atoms with E-state index in [0.717, 1.165) is 21.7 Å². The summed E-state index contributed by atoms with van der Waals surface area (Å²) in [6, 6.07) is 18.3. The Morgan fingerprint density at radius 1 is 0.938 bits per heavy atom. The number of hydrogen-bond acceptors (Lipinski definition) is 6. The summed E-state index contributed by atoms with van der Waals surface area (Å²) in [6.07, 6.45) is 1.52. The van der Waals surface area contributed by atoms with Gasteiger partial charge in [0, 0.05) is 28.5 Å². The number of rotatable bonds is 7. The minimum atomic E-state index is -0.462. The van der Waals surface area contributed by atoms with Gasteiger partial charge in [0.2, 0.25) is 0 Å². The van der Waals surface area contributed by atoms with Crippen LogP contribution in [0.25, 0.3) is 21.7 Å². The maximum absolute atomic E-state index is 12.5. The molecule has 0 spiro atoms. The van der Waals surface area contributed by atoms with E-state index in [9.17, 15) is 9.59 Å². The second-order valence-electron chi connectivity index (χ2n) is 7.02.